The van der Waals surface area contributed by atoms with Crippen LogP contribution in [0.1, 0.15) is 43.4 Å². The number of methoxy groups -OCH3 is 1. The maximum absolute atomic E-state index is 12.1. The summed E-state index contributed by atoms with van der Waals surface area (Å²) in [6.07, 6.45) is 3.49. The minimum atomic E-state index is -0.593. The fourth-order valence-corrected chi connectivity index (χ4v) is 3.05. The van der Waals surface area contributed by atoms with Crippen molar-refractivity contribution in [2.24, 2.45) is 0 Å². The zero-order valence-electron chi connectivity index (χ0n) is 12.1. The lowest BCUT2D eigenvalue weighted by molar-refractivity contribution is -0.150. The van der Waals surface area contributed by atoms with Gasteiger partial charge in [0.05, 0.1) is 13.2 Å². The fraction of sp³-hybridized carbons (Fsp3) is 0.769. The molecule has 1 N–H and O–H groups in total. The monoisotopic (exact) mass is 266 g/mol. The van der Waals surface area contributed by atoms with Gasteiger partial charge in [-0.25, -0.2) is 9.67 Å². The molecular weight excluding hydrogens is 244 g/mol. The number of hydrogen-bond donors (Lipinski definition) is 1. The van der Waals surface area contributed by atoms with Crippen molar-refractivity contribution < 1.29 is 9.53 Å². The smallest absolute Gasteiger partial charge is 0.326 e. The number of likely N-dealkylation sites (N-methyl/N-ethyl adjacent to an activating group) is 1. The van der Waals surface area contributed by atoms with E-state index in [1.165, 1.54) is 7.11 Å². The number of nitrogens with zero attached hydrogens (tertiary/aromatic N) is 3. The molecule has 19 heavy (non-hydrogen) atoms. The quantitative estimate of drug-likeness (QED) is 0.831. The molecule has 1 aliphatic carbocycles. The maximum atomic E-state index is 12.1. The molecule has 0 amide bonds. The van der Waals surface area contributed by atoms with Crippen molar-refractivity contribution in [3.63, 3.8) is 0 Å². The Morgan fingerprint density at radius 2 is 2.26 bits per heavy atom. The van der Waals surface area contributed by atoms with Crippen LogP contribution in [0, 0.1) is 13.8 Å². The number of aryl methyl sites for hydroxylation is 2. The molecule has 2 rings (SSSR count). The molecule has 2 atom stereocenters. The number of rotatable bonds is 3. The number of aromatic nitrogens is 3. The summed E-state index contributed by atoms with van der Waals surface area (Å²) in [7, 11) is 3.26. The van der Waals surface area contributed by atoms with Gasteiger partial charge in [-0.05, 0) is 46.6 Å². The van der Waals surface area contributed by atoms with Gasteiger partial charge in [-0.1, -0.05) is 0 Å². The normalized spacial score (nSPS) is 27.3. The van der Waals surface area contributed by atoms with Gasteiger partial charge in [0.2, 0.25) is 0 Å². The standard InChI is InChI=1S/C13H22N4O2/c1-9-15-10(2)17(16-9)11-6-5-7-13(8-11,14-3)12(18)19-4/h11,14H,5-8H2,1-4H3. The van der Waals surface area contributed by atoms with E-state index in [9.17, 15) is 4.79 Å². The summed E-state index contributed by atoms with van der Waals surface area (Å²) >= 11 is 0. The van der Waals surface area contributed by atoms with Crippen LogP contribution in [0.15, 0.2) is 0 Å². The van der Waals surface area contributed by atoms with Gasteiger partial charge in [0.25, 0.3) is 0 Å². The largest absolute Gasteiger partial charge is 0.468 e. The van der Waals surface area contributed by atoms with Gasteiger partial charge in [-0.3, -0.25) is 4.79 Å². The lowest BCUT2D eigenvalue weighted by Crippen LogP contribution is -2.54. The molecule has 1 saturated carbocycles. The van der Waals surface area contributed by atoms with Gasteiger partial charge in [0, 0.05) is 0 Å². The summed E-state index contributed by atoms with van der Waals surface area (Å²) in [6.45, 7) is 3.84. The van der Waals surface area contributed by atoms with Crippen molar-refractivity contribution in [2.75, 3.05) is 14.2 Å². The Hall–Kier alpha value is -1.43. The third kappa shape index (κ3) is 2.49. The van der Waals surface area contributed by atoms with E-state index < -0.39 is 5.54 Å². The zero-order chi connectivity index (χ0) is 14.0. The first-order valence-electron chi connectivity index (χ1n) is 6.69. The van der Waals surface area contributed by atoms with Gasteiger partial charge in [0.1, 0.15) is 17.2 Å². The van der Waals surface area contributed by atoms with Gasteiger partial charge in [-0.15, -0.1) is 0 Å². The third-order valence-corrected chi connectivity index (χ3v) is 4.03. The molecule has 6 nitrogen and oxygen atoms in total. The van der Waals surface area contributed by atoms with Crippen LogP contribution in [0.4, 0.5) is 0 Å². The molecule has 106 valence electrons. The summed E-state index contributed by atoms with van der Waals surface area (Å²) in [5.74, 6) is 1.49. The Morgan fingerprint density at radius 3 is 2.79 bits per heavy atom. The molecule has 6 heteroatoms. The highest BCUT2D eigenvalue weighted by Crippen LogP contribution is 2.36. The van der Waals surface area contributed by atoms with E-state index in [1.807, 2.05) is 25.6 Å². The van der Waals surface area contributed by atoms with E-state index in [0.29, 0.717) is 6.42 Å². The number of carbonyl (C=O) groups excluding carboxylic acids is 1. The highest BCUT2D eigenvalue weighted by atomic mass is 16.5. The van der Waals surface area contributed by atoms with Gasteiger partial charge >= 0.3 is 5.97 Å². The predicted octanol–water partition coefficient (Wildman–Crippen LogP) is 1.14. The molecule has 1 aromatic rings. The number of nitrogens with one attached hydrogen (secondary N) is 1. The molecule has 2 unspecified atom stereocenters. The molecule has 0 bridgehead atoms. The minimum absolute atomic E-state index is 0.186. The second kappa shape index (κ2) is 5.28. The van der Waals surface area contributed by atoms with Crippen LogP contribution in [0.3, 0.4) is 0 Å². The number of esters is 1. The summed E-state index contributed by atoms with van der Waals surface area (Å²) < 4.78 is 6.90. The van der Waals surface area contributed by atoms with E-state index in [1.54, 1.807) is 0 Å². The van der Waals surface area contributed by atoms with Crippen LogP contribution >= 0.6 is 0 Å². The topological polar surface area (TPSA) is 69.0 Å². The SMILES string of the molecule is CNC1(C(=O)OC)CCCC(n2nc(C)nc2C)C1. The highest BCUT2D eigenvalue weighted by molar-refractivity contribution is 5.80. The Kier molecular flexibility index (Phi) is 3.89. The van der Waals surface area contributed by atoms with Crippen LogP contribution in [0.2, 0.25) is 0 Å². The van der Waals surface area contributed by atoms with Crippen molar-refractivity contribution in [3.05, 3.63) is 11.6 Å². The average Bonchev–Trinajstić information content (AvgIpc) is 2.76. The lowest BCUT2D eigenvalue weighted by atomic mass is 9.79. The highest BCUT2D eigenvalue weighted by Gasteiger charge is 2.43. The minimum Gasteiger partial charge on any atom is -0.468 e. The average molecular weight is 266 g/mol. The van der Waals surface area contributed by atoms with Crippen molar-refractivity contribution >= 4 is 5.97 Å². The van der Waals surface area contributed by atoms with E-state index in [2.05, 4.69) is 15.4 Å². The second-order valence-electron chi connectivity index (χ2n) is 5.22. The predicted molar refractivity (Wildman–Crippen MR) is 70.8 cm³/mol. The van der Waals surface area contributed by atoms with Gasteiger partial charge in [-0.2, -0.15) is 5.10 Å². The lowest BCUT2D eigenvalue weighted by Gasteiger charge is -2.38. The van der Waals surface area contributed by atoms with Crippen molar-refractivity contribution in [3.8, 4) is 0 Å². The van der Waals surface area contributed by atoms with Crippen LogP contribution in [0.5, 0.6) is 0 Å². The molecule has 0 aromatic carbocycles. The van der Waals surface area contributed by atoms with Crippen LogP contribution < -0.4 is 5.32 Å². The van der Waals surface area contributed by atoms with E-state index in [0.717, 1.165) is 30.9 Å². The molecule has 1 heterocycles. The first-order valence-corrected chi connectivity index (χ1v) is 6.69. The number of ether oxygens (including phenoxy) is 1. The molecular formula is C13H22N4O2. The molecule has 0 radical (unpaired) electrons. The first-order chi connectivity index (χ1) is 9.02. The third-order valence-electron chi connectivity index (χ3n) is 4.03. The first kappa shape index (κ1) is 14.0. The Bertz CT molecular complexity index is 471. The molecule has 0 spiro atoms. The maximum Gasteiger partial charge on any atom is 0.326 e. The summed E-state index contributed by atoms with van der Waals surface area (Å²) in [5.41, 5.74) is -0.593. The second-order valence-corrected chi connectivity index (χ2v) is 5.22. The summed E-state index contributed by atoms with van der Waals surface area (Å²) in [6, 6.07) is 0.196. The van der Waals surface area contributed by atoms with E-state index in [-0.39, 0.29) is 12.0 Å². The van der Waals surface area contributed by atoms with Crippen molar-refractivity contribution in [2.45, 2.75) is 51.1 Å². The number of carbonyl (C=O) groups is 1. The van der Waals surface area contributed by atoms with E-state index in [4.69, 9.17) is 4.74 Å². The molecule has 0 aliphatic heterocycles. The summed E-state index contributed by atoms with van der Waals surface area (Å²) in [5, 5.41) is 7.60. The molecule has 1 aliphatic rings. The van der Waals surface area contributed by atoms with Crippen LogP contribution in [0.25, 0.3) is 0 Å². The van der Waals surface area contributed by atoms with Crippen LogP contribution in [-0.4, -0.2) is 40.4 Å². The zero-order valence-corrected chi connectivity index (χ0v) is 12.1. The van der Waals surface area contributed by atoms with Crippen molar-refractivity contribution in [1.82, 2.24) is 20.1 Å². The molecule has 1 aromatic heterocycles. The Labute approximate surface area is 113 Å². The van der Waals surface area contributed by atoms with E-state index >= 15 is 0 Å². The Balaban J connectivity index is 2.25. The molecule has 1 fully saturated rings. The van der Waals surface area contributed by atoms with Gasteiger partial charge in [0.15, 0.2) is 0 Å². The Morgan fingerprint density at radius 1 is 1.53 bits per heavy atom. The van der Waals surface area contributed by atoms with Gasteiger partial charge < -0.3 is 10.1 Å². The fourth-order valence-electron chi connectivity index (χ4n) is 3.05. The number of hydrogen-bond acceptors (Lipinski definition) is 5. The summed E-state index contributed by atoms with van der Waals surface area (Å²) in [4.78, 5) is 16.4. The molecule has 0 saturated heterocycles. The van der Waals surface area contributed by atoms with Crippen molar-refractivity contribution in [1.29, 1.82) is 0 Å². The van der Waals surface area contributed by atoms with Crippen LogP contribution in [-0.2, 0) is 9.53 Å².